The third kappa shape index (κ3) is 5.38. The van der Waals surface area contributed by atoms with E-state index in [2.05, 4.69) is 0 Å². The zero-order valence-electron chi connectivity index (χ0n) is 18.5. The smallest absolute Gasteiger partial charge is 0.254 e. The molecule has 2 aromatic carbocycles. The lowest BCUT2D eigenvalue weighted by Gasteiger charge is -2.27. The summed E-state index contributed by atoms with van der Waals surface area (Å²) < 4.78 is 11.0. The molecule has 0 saturated heterocycles. The highest BCUT2D eigenvalue weighted by molar-refractivity contribution is 5.97. The molecule has 6 nitrogen and oxygen atoms in total. The van der Waals surface area contributed by atoms with Crippen molar-refractivity contribution in [2.45, 2.75) is 38.9 Å². The summed E-state index contributed by atoms with van der Waals surface area (Å²) in [5.41, 5.74) is 1.56. The van der Waals surface area contributed by atoms with Gasteiger partial charge in [-0.1, -0.05) is 36.4 Å². The third-order valence-electron chi connectivity index (χ3n) is 5.58. The standard InChI is InChI=1S/C26H28N2O4/c1-19-11-14-24(32-19)17-27(16-20-7-4-3-5-8-20)25(29)18-28(22-12-13-22)26(30)21-9-6-10-23(15-21)31-2/h3-11,14-15,22H,12-13,16-18H2,1-2H3. The monoisotopic (exact) mass is 432 g/mol. The first-order valence-corrected chi connectivity index (χ1v) is 10.9. The SMILES string of the molecule is COc1cccc(C(=O)N(CC(=O)N(Cc2ccccc2)Cc2ccc(C)o2)C2CC2)c1. The van der Waals surface area contributed by atoms with Crippen LogP contribution in [0.1, 0.15) is 40.3 Å². The maximum Gasteiger partial charge on any atom is 0.254 e. The summed E-state index contributed by atoms with van der Waals surface area (Å²) in [6, 6.07) is 20.8. The zero-order valence-corrected chi connectivity index (χ0v) is 18.5. The third-order valence-corrected chi connectivity index (χ3v) is 5.58. The molecule has 1 aromatic heterocycles. The summed E-state index contributed by atoms with van der Waals surface area (Å²) in [6.07, 6.45) is 1.83. The molecule has 166 valence electrons. The Kier molecular flexibility index (Phi) is 6.59. The van der Waals surface area contributed by atoms with Crippen molar-refractivity contribution in [2.24, 2.45) is 0 Å². The molecule has 0 unspecified atom stereocenters. The van der Waals surface area contributed by atoms with Gasteiger partial charge in [0.25, 0.3) is 5.91 Å². The number of carbonyl (C=O) groups is 2. The fraction of sp³-hybridized carbons (Fsp3) is 0.308. The Balaban J connectivity index is 1.53. The number of ether oxygens (including phenoxy) is 1. The van der Waals surface area contributed by atoms with E-state index in [9.17, 15) is 9.59 Å². The van der Waals surface area contributed by atoms with Crippen LogP contribution in [0.3, 0.4) is 0 Å². The number of methoxy groups -OCH3 is 1. The molecule has 32 heavy (non-hydrogen) atoms. The molecule has 1 aliphatic carbocycles. The van der Waals surface area contributed by atoms with Gasteiger partial charge in [-0.05, 0) is 55.7 Å². The maximum absolute atomic E-state index is 13.4. The van der Waals surface area contributed by atoms with Gasteiger partial charge in [-0.3, -0.25) is 9.59 Å². The molecular weight excluding hydrogens is 404 g/mol. The van der Waals surface area contributed by atoms with Crippen LogP contribution in [0.4, 0.5) is 0 Å². The lowest BCUT2D eigenvalue weighted by molar-refractivity contribution is -0.133. The number of hydrogen-bond acceptors (Lipinski definition) is 4. The van der Waals surface area contributed by atoms with E-state index in [0.717, 1.165) is 29.9 Å². The second kappa shape index (κ2) is 9.73. The van der Waals surface area contributed by atoms with E-state index < -0.39 is 0 Å². The fourth-order valence-corrected chi connectivity index (χ4v) is 3.71. The maximum atomic E-state index is 13.4. The number of aryl methyl sites for hydroxylation is 1. The van der Waals surface area contributed by atoms with Crippen molar-refractivity contribution in [1.82, 2.24) is 9.80 Å². The molecule has 1 heterocycles. The topological polar surface area (TPSA) is 63.0 Å². The Morgan fingerprint density at radius 2 is 1.78 bits per heavy atom. The van der Waals surface area contributed by atoms with Crippen LogP contribution in [-0.4, -0.2) is 41.3 Å². The average molecular weight is 433 g/mol. The number of hydrogen-bond donors (Lipinski definition) is 0. The van der Waals surface area contributed by atoms with Crippen molar-refractivity contribution in [3.05, 3.63) is 89.4 Å². The highest BCUT2D eigenvalue weighted by Gasteiger charge is 2.35. The van der Waals surface area contributed by atoms with E-state index in [4.69, 9.17) is 9.15 Å². The Hall–Kier alpha value is -3.54. The Labute approximate surface area is 188 Å². The first kappa shape index (κ1) is 21.7. The van der Waals surface area contributed by atoms with E-state index in [1.807, 2.05) is 49.4 Å². The predicted octanol–water partition coefficient (Wildman–Crippen LogP) is 4.43. The van der Waals surface area contributed by atoms with Crippen molar-refractivity contribution < 1.29 is 18.7 Å². The van der Waals surface area contributed by atoms with Gasteiger partial charge >= 0.3 is 0 Å². The second-order valence-electron chi connectivity index (χ2n) is 8.14. The summed E-state index contributed by atoms with van der Waals surface area (Å²) in [6.45, 7) is 2.72. The van der Waals surface area contributed by atoms with Crippen LogP contribution in [0, 0.1) is 6.92 Å². The number of furan rings is 1. The number of nitrogens with zero attached hydrogens (tertiary/aromatic N) is 2. The largest absolute Gasteiger partial charge is 0.497 e. The molecule has 2 amide bonds. The molecule has 0 N–H and O–H groups in total. The summed E-state index contributed by atoms with van der Waals surface area (Å²) in [4.78, 5) is 30.1. The molecule has 1 fully saturated rings. The predicted molar refractivity (Wildman–Crippen MR) is 121 cm³/mol. The highest BCUT2D eigenvalue weighted by Crippen LogP contribution is 2.29. The van der Waals surface area contributed by atoms with Gasteiger partial charge < -0.3 is 19.0 Å². The summed E-state index contributed by atoms with van der Waals surface area (Å²) in [5.74, 6) is 1.90. The summed E-state index contributed by atoms with van der Waals surface area (Å²) in [5, 5.41) is 0. The van der Waals surface area contributed by atoms with Gasteiger partial charge in [0.15, 0.2) is 0 Å². The molecule has 1 saturated carbocycles. The molecule has 3 aromatic rings. The first-order valence-electron chi connectivity index (χ1n) is 10.9. The van der Waals surface area contributed by atoms with Crippen LogP contribution >= 0.6 is 0 Å². The van der Waals surface area contributed by atoms with Gasteiger partial charge in [-0.25, -0.2) is 0 Å². The minimum absolute atomic E-state index is 0.0350. The Morgan fingerprint density at radius 3 is 2.44 bits per heavy atom. The average Bonchev–Trinajstić information content (AvgIpc) is 3.58. The van der Waals surface area contributed by atoms with Gasteiger partial charge in [0, 0.05) is 18.2 Å². The van der Waals surface area contributed by atoms with E-state index in [1.165, 1.54) is 0 Å². The molecule has 0 spiro atoms. The van der Waals surface area contributed by atoms with Crippen LogP contribution in [0.25, 0.3) is 0 Å². The van der Waals surface area contributed by atoms with E-state index in [1.54, 1.807) is 41.2 Å². The Morgan fingerprint density at radius 1 is 1.00 bits per heavy atom. The first-order chi connectivity index (χ1) is 15.5. The van der Waals surface area contributed by atoms with Gasteiger partial charge in [0.1, 0.15) is 23.8 Å². The molecular formula is C26H28N2O4. The Bertz CT molecular complexity index is 1070. The van der Waals surface area contributed by atoms with Crippen molar-refractivity contribution in [2.75, 3.05) is 13.7 Å². The summed E-state index contributed by atoms with van der Waals surface area (Å²) >= 11 is 0. The summed E-state index contributed by atoms with van der Waals surface area (Å²) in [7, 11) is 1.57. The molecule has 1 aliphatic rings. The molecule has 0 atom stereocenters. The zero-order chi connectivity index (χ0) is 22.5. The molecule has 6 heteroatoms. The van der Waals surface area contributed by atoms with Gasteiger partial charge in [0.2, 0.25) is 5.91 Å². The van der Waals surface area contributed by atoms with Crippen LogP contribution in [-0.2, 0) is 17.9 Å². The van der Waals surface area contributed by atoms with Crippen LogP contribution < -0.4 is 4.74 Å². The normalized spacial score (nSPS) is 12.9. The van der Waals surface area contributed by atoms with Crippen LogP contribution in [0.2, 0.25) is 0 Å². The van der Waals surface area contributed by atoms with Gasteiger partial charge in [-0.15, -0.1) is 0 Å². The van der Waals surface area contributed by atoms with Crippen LogP contribution in [0.15, 0.2) is 71.1 Å². The van der Waals surface area contributed by atoms with Crippen molar-refractivity contribution in [3.63, 3.8) is 0 Å². The molecule has 0 aliphatic heterocycles. The minimum atomic E-state index is -0.145. The lowest BCUT2D eigenvalue weighted by Crippen LogP contribution is -2.43. The number of amides is 2. The molecule has 4 rings (SSSR count). The van der Waals surface area contributed by atoms with Crippen molar-refractivity contribution >= 4 is 11.8 Å². The highest BCUT2D eigenvalue weighted by atomic mass is 16.5. The quantitative estimate of drug-likeness (QED) is 0.502. The van der Waals surface area contributed by atoms with E-state index in [0.29, 0.717) is 24.4 Å². The van der Waals surface area contributed by atoms with Gasteiger partial charge in [0.05, 0.1) is 13.7 Å². The number of benzene rings is 2. The lowest BCUT2D eigenvalue weighted by atomic mass is 10.1. The van der Waals surface area contributed by atoms with Crippen molar-refractivity contribution in [3.8, 4) is 5.75 Å². The van der Waals surface area contributed by atoms with E-state index in [-0.39, 0.29) is 24.4 Å². The van der Waals surface area contributed by atoms with Gasteiger partial charge in [-0.2, -0.15) is 0 Å². The van der Waals surface area contributed by atoms with Crippen molar-refractivity contribution in [1.29, 1.82) is 0 Å². The number of carbonyl (C=O) groups excluding carboxylic acids is 2. The minimum Gasteiger partial charge on any atom is -0.497 e. The fourth-order valence-electron chi connectivity index (χ4n) is 3.71. The number of rotatable bonds is 9. The molecule has 0 radical (unpaired) electrons. The van der Waals surface area contributed by atoms with E-state index >= 15 is 0 Å². The van der Waals surface area contributed by atoms with Crippen LogP contribution in [0.5, 0.6) is 5.75 Å². The second-order valence-corrected chi connectivity index (χ2v) is 8.14. The molecule has 0 bridgehead atoms.